The number of benzene rings is 2. The molecule has 0 unspecified atom stereocenters. The first-order valence-corrected chi connectivity index (χ1v) is 8.90. The number of methoxy groups -OCH3 is 1. The first-order valence-electron chi connectivity index (χ1n) is 7.41. The van der Waals surface area contributed by atoms with Gasteiger partial charge in [-0.1, -0.05) is 25.1 Å². The molecular formula is C17H20N2O4S. The van der Waals surface area contributed by atoms with Crippen LogP contribution in [0.25, 0.3) is 0 Å². The Kier molecular flexibility index (Phi) is 5.58. The van der Waals surface area contributed by atoms with Crippen molar-refractivity contribution in [1.82, 2.24) is 4.72 Å². The Balaban J connectivity index is 2.46. The number of amides is 1. The van der Waals surface area contributed by atoms with Gasteiger partial charge in [0.2, 0.25) is 10.0 Å². The van der Waals surface area contributed by atoms with Gasteiger partial charge >= 0.3 is 0 Å². The Morgan fingerprint density at radius 1 is 1.17 bits per heavy atom. The second-order valence-corrected chi connectivity index (χ2v) is 6.83. The molecule has 0 atom stereocenters. The summed E-state index contributed by atoms with van der Waals surface area (Å²) in [5.74, 6) is -0.0372. The van der Waals surface area contributed by atoms with E-state index in [0.29, 0.717) is 11.4 Å². The van der Waals surface area contributed by atoms with Crippen LogP contribution in [0.4, 0.5) is 5.69 Å². The summed E-state index contributed by atoms with van der Waals surface area (Å²) in [6.45, 7) is 1.96. The monoisotopic (exact) mass is 348 g/mol. The summed E-state index contributed by atoms with van der Waals surface area (Å²) >= 11 is 0. The van der Waals surface area contributed by atoms with Crippen LogP contribution in [0, 0.1) is 0 Å². The van der Waals surface area contributed by atoms with E-state index in [-0.39, 0.29) is 22.9 Å². The third-order valence-corrected chi connectivity index (χ3v) is 5.04. The number of rotatable bonds is 6. The summed E-state index contributed by atoms with van der Waals surface area (Å²) in [5.41, 5.74) is 0.882. The number of anilines is 1. The predicted molar refractivity (Wildman–Crippen MR) is 93.0 cm³/mol. The Morgan fingerprint density at radius 3 is 2.42 bits per heavy atom. The first kappa shape index (κ1) is 18.0. The van der Waals surface area contributed by atoms with Crippen LogP contribution in [-0.4, -0.2) is 35.0 Å². The van der Waals surface area contributed by atoms with Crippen molar-refractivity contribution in [3.05, 3.63) is 54.1 Å². The van der Waals surface area contributed by atoms with Crippen molar-refractivity contribution in [1.29, 1.82) is 0 Å². The molecule has 7 heteroatoms. The molecule has 0 aliphatic carbocycles. The smallest absolute Gasteiger partial charge is 0.261 e. The third-order valence-electron chi connectivity index (χ3n) is 3.49. The van der Waals surface area contributed by atoms with E-state index in [1.165, 1.54) is 30.2 Å². The maximum absolute atomic E-state index is 12.8. The molecule has 0 saturated heterocycles. The number of ether oxygens (including phenoxy) is 1. The molecule has 0 radical (unpaired) electrons. The molecule has 2 aromatic rings. The Labute approximate surface area is 142 Å². The fourth-order valence-electron chi connectivity index (χ4n) is 2.24. The fourth-order valence-corrected chi connectivity index (χ4v) is 3.31. The number of carbonyl (C=O) groups excluding carboxylic acids is 1. The lowest BCUT2D eigenvalue weighted by Crippen LogP contribution is -2.28. The zero-order valence-electron chi connectivity index (χ0n) is 13.8. The van der Waals surface area contributed by atoms with Crippen LogP contribution in [-0.2, 0) is 10.0 Å². The number of hydrogen-bond donors (Lipinski definition) is 1. The number of hydrogen-bond acceptors (Lipinski definition) is 4. The van der Waals surface area contributed by atoms with Crippen LogP contribution in [0.3, 0.4) is 0 Å². The van der Waals surface area contributed by atoms with Gasteiger partial charge in [0.15, 0.2) is 0 Å². The number of nitrogens with one attached hydrogen (secondary N) is 1. The SMILES string of the molecule is CCNS(=O)(=O)c1ccc(OC)c(C(=O)N(C)c2ccccc2)c1. The van der Waals surface area contributed by atoms with E-state index in [2.05, 4.69) is 4.72 Å². The van der Waals surface area contributed by atoms with E-state index in [4.69, 9.17) is 4.74 Å². The van der Waals surface area contributed by atoms with Gasteiger partial charge in [-0.15, -0.1) is 0 Å². The van der Waals surface area contributed by atoms with Gasteiger partial charge in [-0.2, -0.15) is 0 Å². The summed E-state index contributed by atoms with van der Waals surface area (Å²) < 4.78 is 32.0. The lowest BCUT2D eigenvalue weighted by atomic mass is 10.1. The minimum absolute atomic E-state index is 0.0231. The molecule has 1 amide bonds. The molecule has 0 heterocycles. The summed E-state index contributed by atoms with van der Waals surface area (Å²) in [5, 5.41) is 0. The van der Waals surface area contributed by atoms with E-state index < -0.39 is 10.0 Å². The Hall–Kier alpha value is -2.38. The molecule has 0 saturated carbocycles. The molecule has 0 fully saturated rings. The van der Waals surface area contributed by atoms with Gasteiger partial charge in [0.1, 0.15) is 5.75 Å². The molecule has 0 aromatic heterocycles. The van der Waals surface area contributed by atoms with Crippen LogP contribution >= 0.6 is 0 Å². The molecule has 0 aliphatic rings. The first-order chi connectivity index (χ1) is 11.4. The number of carbonyl (C=O) groups is 1. The van der Waals surface area contributed by atoms with Gasteiger partial charge in [-0.05, 0) is 30.3 Å². The molecule has 2 rings (SSSR count). The minimum atomic E-state index is -3.66. The number of sulfonamides is 1. The van der Waals surface area contributed by atoms with E-state index in [0.717, 1.165) is 0 Å². The van der Waals surface area contributed by atoms with Crippen molar-refractivity contribution < 1.29 is 17.9 Å². The van der Waals surface area contributed by atoms with Crippen molar-refractivity contribution in [2.24, 2.45) is 0 Å². The van der Waals surface area contributed by atoms with Gasteiger partial charge in [-0.3, -0.25) is 4.79 Å². The minimum Gasteiger partial charge on any atom is -0.496 e. The fraction of sp³-hybridized carbons (Fsp3) is 0.235. The highest BCUT2D eigenvalue weighted by molar-refractivity contribution is 7.89. The topological polar surface area (TPSA) is 75.7 Å². The Bertz CT molecular complexity index is 820. The second kappa shape index (κ2) is 7.46. The molecule has 0 aliphatic heterocycles. The van der Waals surface area contributed by atoms with Crippen LogP contribution in [0.15, 0.2) is 53.4 Å². The highest BCUT2D eigenvalue weighted by Gasteiger charge is 2.22. The van der Waals surface area contributed by atoms with Gasteiger partial charge in [-0.25, -0.2) is 13.1 Å². The van der Waals surface area contributed by atoms with E-state index >= 15 is 0 Å². The largest absolute Gasteiger partial charge is 0.496 e. The summed E-state index contributed by atoms with van der Waals surface area (Å²) in [7, 11) is -0.593. The maximum atomic E-state index is 12.8. The zero-order valence-corrected chi connectivity index (χ0v) is 14.6. The summed E-state index contributed by atoms with van der Waals surface area (Å²) in [4.78, 5) is 14.3. The number of nitrogens with zero attached hydrogens (tertiary/aromatic N) is 1. The molecule has 2 aromatic carbocycles. The van der Waals surface area contributed by atoms with Crippen LogP contribution in [0.1, 0.15) is 17.3 Å². The highest BCUT2D eigenvalue weighted by atomic mass is 32.2. The zero-order chi connectivity index (χ0) is 17.7. The number of para-hydroxylation sites is 1. The molecule has 1 N–H and O–H groups in total. The average Bonchev–Trinajstić information content (AvgIpc) is 2.60. The normalized spacial score (nSPS) is 11.1. The average molecular weight is 348 g/mol. The third kappa shape index (κ3) is 3.74. The van der Waals surface area contributed by atoms with Crippen LogP contribution < -0.4 is 14.4 Å². The maximum Gasteiger partial charge on any atom is 0.261 e. The van der Waals surface area contributed by atoms with E-state index in [9.17, 15) is 13.2 Å². The highest BCUT2D eigenvalue weighted by Crippen LogP contribution is 2.25. The van der Waals surface area contributed by atoms with Gasteiger partial charge in [0, 0.05) is 19.3 Å². The van der Waals surface area contributed by atoms with Gasteiger partial charge in [0.25, 0.3) is 5.91 Å². The van der Waals surface area contributed by atoms with Crippen molar-refractivity contribution in [2.75, 3.05) is 25.6 Å². The predicted octanol–water partition coefficient (Wildman–Crippen LogP) is 2.27. The quantitative estimate of drug-likeness (QED) is 0.869. The standard InChI is InChI=1S/C17H20N2O4S/c1-4-18-24(21,22)14-10-11-16(23-3)15(12-14)17(20)19(2)13-8-6-5-7-9-13/h5-12,18H,4H2,1-3H3. The molecule has 0 spiro atoms. The van der Waals surface area contributed by atoms with E-state index in [1.54, 1.807) is 26.1 Å². The van der Waals surface area contributed by atoms with Crippen LogP contribution in [0.5, 0.6) is 5.75 Å². The molecule has 128 valence electrons. The van der Waals surface area contributed by atoms with Gasteiger partial charge < -0.3 is 9.64 Å². The molecule has 0 bridgehead atoms. The lowest BCUT2D eigenvalue weighted by Gasteiger charge is -2.19. The summed E-state index contributed by atoms with van der Waals surface area (Å²) in [6.07, 6.45) is 0. The van der Waals surface area contributed by atoms with Crippen molar-refractivity contribution in [2.45, 2.75) is 11.8 Å². The summed E-state index contributed by atoms with van der Waals surface area (Å²) in [6, 6.07) is 13.3. The Morgan fingerprint density at radius 2 is 1.83 bits per heavy atom. The molecular weight excluding hydrogens is 328 g/mol. The lowest BCUT2D eigenvalue weighted by molar-refractivity contribution is 0.0990. The molecule has 24 heavy (non-hydrogen) atoms. The van der Waals surface area contributed by atoms with Crippen molar-refractivity contribution >= 4 is 21.6 Å². The van der Waals surface area contributed by atoms with Crippen molar-refractivity contribution in [3.63, 3.8) is 0 Å². The van der Waals surface area contributed by atoms with Gasteiger partial charge in [0.05, 0.1) is 17.6 Å². The molecule has 6 nitrogen and oxygen atoms in total. The van der Waals surface area contributed by atoms with Crippen LogP contribution in [0.2, 0.25) is 0 Å². The van der Waals surface area contributed by atoms with Crippen molar-refractivity contribution in [3.8, 4) is 5.75 Å². The van der Waals surface area contributed by atoms with E-state index in [1.807, 2.05) is 18.2 Å². The second-order valence-electron chi connectivity index (χ2n) is 5.06.